The van der Waals surface area contributed by atoms with Crippen LogP contribution in [-0.2, 0) is 11.2 Å². The predicted molar refractivity (Wildman–Crippen MR) is 71.0 cm³/mol. The van der Waals surface area contributed by atoms with Crippen LogP contribution < -0.4 is 5.73 Å². The Kier molecular flexibility index (Phi) is 2.33. The number of hydrogen-bond donors (Lipinski definition) is 1. The number of nitrogen functional groups attached to an aromatic ring is 1. The van der Waals surface area contributed by atoms with E-state index in [4.69, 9.17) is 10.5 Å². The van der Waals surface area contributed by atoms with E-state index in [2.05, 4.69) is 0 Å². The van der Waals surface area contributed by atoms with E-state index in [1.165, 1.54) is 16.9 Å². The van der Waals surface area contributed by atoms with Crippen molar-refractivity contribution in [3.63, 3.8) is 0 Å². The first kappa shape index (κ1) is 11.0. The molecule has 2 aliphatic heterocycles. The summed E-state index contributed by atoms with van der Waals surface area (Å²) in [5.41, 5.74) is 8.20. The standard InChI is InChI=1S/C14H17NO2S/c15-14-11(12(16)7-2-1-3-7)9-6-8-4-5-10(17-8)13(9)18-14/h7-8,10H,1-6,15H2. The monoisotopic (exact) mass is 263 g/mol. The average molecular weight is 263 g/mol. The largest absolute Gasteiger partial charge is 0.390 e. The molecular weight excluding hydrogens is 246 g/mol. The topological polar surface area (TPSA) is 52.3 Å². The molecule has 2 fully saturated rings. The molecule has 0 spiro atoms. The zero-order valence-corrected chi connectivity index (χ0v) is 11.1. The Hall–Kier alpha value is -0.870. The molecule has 4 rings (SSSR count). The van der Waals surface area contributed by atoms with E-state index in [1.54, 1.807) is 11.3 Å². The first-order valence-corrected chi connectivity index (χ1v) is 7.66. The molecule has 0 amide bonds. The fourth-order valence-electron chi connectivity index (χ4n) is 3.39. The fourth-order valence-corrected chi connectivity index (χ4v) is 4.56. The highest BCUT2D eigenvalue weighted by Crippen LogP contribution is 2.49. The van der Waals surface area contributed by atoms with Gasteiger partial charge in [0.25, 0.3) is 0 Å². The number of hydrogen-bond acceptors (Lipinski definition) is 4. The Morgan fingerprint density at radius 1 is 1.28 bits per heavy atom. The van der Waals surface area contributed by atoms with Crippen molar-refractivity contribution in [3.05, 3.63) is 16.0 Å². The summed E-state index contributed by atoms with van der Waals surface area (Å²) in [6, 6.07) is 0. The Labute approximate surface area is 110 Å². The maximum absolute atomic E-state index is 12.5. The number of thiophene rings is 1. The van der Waals surface area contributed by atoms with E-state index in [-0.39, 0.29) is 12.0 Å². The second-order valence-electron chi connectivity index (χ2n) is 5.70. The molecule has 3 aliphatic rings. The normalized spacial score (nSPS) is 30.0. The van der Waals surface area contributed by atoms with Crippen molar-refractivity contribution in [1.29, 1.82) is 0 Å². The van der Waals surface area contributed by atoms with Gasteiger partial charge in [0, 0.05) is 17.2 Å². The maximum Gasteiger partial charge on any atom is 0.169 e. The Balaban J connectivity index is 1.77. The third kappa shape index (κ3) is 1.42. The lowest BCUT2D eigenvalue weighted by Crippen LogP contribution is -2.25. The summed E-state index contributed by atoms with van der Waals surface area (Å²) >= 11 is 1.59. The summed E-state index contributed by atoms with van der Waals surface area (Å²) < 4.78 is 5.92. The molecule has 0 radical (unpaired) electrons. The lowest BCUT2D eigenvalue weighted by atomic mass is 9.79. The van der Waals surface area contributed by atoms with E-state index < -0.39 is 0 Å². The minimum atomic E-state index is 0.217. The van der Waals surface area contributed by atoms with E-state index in [0.717, 1.165) is 42.7 Å². The van der Waals surface area contributed by atoms with Crippen LogP contribution in [0.15, 0.2) is 0 Å². The second kappa shape index (κ2) is 3.81. The molecule has 4 heteroatoms. The Morgan fingerprint density at radius 3 is 2.83 bits per heavy atom. The van der Waals surface area contributed by atoms with Gasteiger partial charge in [0.05, 0.1) is 22.8 Å². The molecule has 1 saturated carbocycles. The second-order valence-corrected chi connectivity index (χ2v) is 6.79. The third-order valence-corrected chi connectivity index (χ3v) is 5.77. The molecular formula is C14H17NO2S. The number of ketones is 1. The molecule has 2 atom stereocenters. The van der Waals surface area contributed by atoms with Crippen molar-refractivity contribution in [2.75, 3.05) is 5.73 Å². The van der Waals surface area contributed by atoms with Crippen LogP contribution in [-0.4, -0.2) is 11.9 Å². The Bertz CT molecular complexity index is 518. The average Bonchev–Trinajstić information content (AvgIpc) is 2.79. The summed E-state index contributed by atoms with van der Waals surface area (Å²) in [5, 5.41) is 0.730. The van der Waals surface area contributed by atoms with Crippen molar-refractivity contribution in [3.8, 4) is 0 Å². The quantitative estimate of drug-likeness (QED) is 0.834. The van der Waals surface area contributed by atoms with E-state index in [0.29, 0.717) is 11.9 Å². The molecule has 0 aromatic carbocycles. The van der Waals surface area contributed by atoms with Gasteiger partial charge >= 0.3 is 0 Å². The zero-order chi connectivity index (χ0) is 12.3. The van der Waals surface area contributed by atoms with Crippen molar-refractivity contribution >= 4 is 22.1 Å². The molecule has 2 bridgehead atoms. The van der Waals surface area contributed by atoms with Crippen LogP contribution in [0.4, 0.5) is 5.00 Å². The smallest absolute Gasteiger partial charge is 0.169 e. The summed E-state index contributed by atoms with van der Waals surface area (Å²) in [6.07, 6.45) is 6.94. The number of carbonyl (C=O) groups is 1. The van der Waals surface area contributed by atoms with Crippen molar-refractivity contribution < 1.29 is 9.53 Å². The van der Waals surface area contributed by atoms with Crippen molar-refractivity contribution in [2.24, 2.45) is 5.92 Å². The van der Waals surface area contributed by atoms with Gasteiger partial charge in [-0.3, -0.25) is 4.79 Å². The van der Waals surface area contributed by atoms with Gasteiger partial charge in [-0.25, -0.2) is 0 Å². The number of fused-ring (bicyclic) bond motifs is 4. The van der Waals surface area contributed by atoms with E-state index >= 15 is 0 Å². The number of ether oxygens (including phenoxy) is 1. The van der Waals surface area contributed by atoms with Gasteiger partial charge in [0.1, 0.15) is 0 Å². The van der Waals surface area contributed by atoms with Gasteiger partial charge < -0.3 is 10.5 Å². The van der Waals surface area contributed by atoms with Crippen LogP contribution in [0.1, 0.15) is 59.0 Å². The molecule has 1 aromatic heterocycles. The fraction of sp³-hybridized carbons (Fsp3) is 0.643. The van der Waals surface area contributed by atoms with Crippen LogP contribution in [0.5, 0.6) is 0 Å². The lowest BCUT2D eigenvalue weighted by Gasteiger charge is -2.26. The first-order chi connectivity index (χ1) is 8.74. The van der Waals surface area contributed by atoms with E-state index in [1.807, 2.05) is 0 Å². The van der Waals surface area contributed by atoms with Crippen molar-refractivity contribution in [1.82, 2.24) is 0 Å². The number of rotatable bonds is 2. The van der Waals surface area contributed by atoms with Gasteiger partial charge in [-0.2, -0.15) is 0 Å². The molecule has 1 saturated heterocycles. The summed E-state index contributed by atoms with van der Waals surface area (Å²) in [6.45, 7) is 0. The first-order valence-electron chi connectivity index (χ1n) is 6.84. The number of anilines is 1. The highest BCUT2D eigenvalue weighted by Gasteiger charge is 2.40. The molecule has 1 aliphatic carbocycles. The van der Waals surface area contributed by atoms with Crippen LogP contribution >= 0.6 is 11.3 Å². The van der Waals surface area contributed by atoms with Crippen LogP contribution in [0.25, 0.3) is 0 Å². The molecule has 18 heavy (non-hydrogen) atoms. The van der Waals surface area contributed by atoms with E-state index in [9.17, 15) is 4.79 Å². The minimum absolute atomic E-state index is 0.217. The van der Waals surface area contributed by atoms with Gasteiger partial charge in [0.15, 0.2) is 5.78 Å². The predicted octanol–water partition coefficient (Wildman–Crippen LogP) is 3.09. The lowest BCUT2D eigenvalue weighted by molar-refractivity contribution is 0.0347. The highest BCUT2D eigenvalue weighted by molar-refractivity contribution is 7.16. The van der Waals surface area contributed by atoms with Crippen LogP contribution in [0, 0.1) is 5.92 Å². The summed E-state index contributed by atoms with van der Waals surface area (Å²) in [4.78, 5) is 13.7. The van der Waals surface area contributed by atoms with Gasteiger partial charge in [0.2, 0.25) is 0 Å². The van der Waals surface area contributed by atoms with Gasteiger partial charge in [-0.15, -0.1) is 11.3 Å². The minimum Gasteiger partial charge on any atom is -0.390 e. The molecule has 2 unspecified atom stereocenters. The molecule has 1 aromatic rings. The summed E-state index contributed by atoms with van der Waals surface area (Å²) in [7, 11) is 0. The SMILES string of the molecule is Nc1sc2c(c1C(=O)C1CCC1)CC1CCC2O1. The van der Waals surface area contributed by atoms with Crippen molar-refractivity contribution in [2.45, 2.75) is 50.7 Å². The zero-order valence-electron chi connectivity index (χ0n) is 10.3. The van der Waals surface area contributed by atoms with Crippen LogP contribution in [0.2, 0.25) is 0 Å². The number of nitrogens with two attached hydrogens (primary N) is 1. The molecule has 3 heterocycles. The number of Topliss-reactive ketones (excluding diaryl/α,β-unsaturated/α-hetero) is 1. The maximum atomic E-state index is 12.5. The number of carbonyl (C=O) groups excluding carboxylic acids is 1. The highest BCUT2D eigenvalue weighted by atomic mass is 32.1. The molecule has 2 N–H and O–H groups in total. The third-order valence-electron chi connectivity index (χ3n) is 4.62. The Morgan fingerprint density at radius 2 is 2.11 bits per heavy atom. The molecule has 96 valence electrons. The van der Waals surface area contributed by atoms with Gasteiger partial charge in [-0.1, -0.05) is 6.42 Å². The molecule has 3 nitrogen and oxygen atoms in total. The van der Waals surface area contributed by atoms with Gasteiger partial charge in [-0.05, 0) is 31.2 Å². The summed E-state index contributed by atoms with van der Waals surface area (Å²) in [5.74, 6) is 0.545. The van der Waals surface area contributed by atoms with Crippen LogP contribution in [0.3, 0.4) is 0 Å².